The van der Waals surface area contributed by atoms with Crippen LogP contribution in [-0.2, 0) is 12.8 Å². The minimum atomic E-state index is 0.453. The maximum atomic E-state index is 9.94. The topological polar surface area (TPSA) is 47.6 Å². The van der Waals surface area contributed by atoms with Gasteiger partial charge in [-0.25, -0.2) is 0 Å². The lowest BCUT2D eigenvalue weighted by Gasteiger charge is -2.12. The highest BCUT2D eigenvalue weighted by atomic mass is 14.3. The Balaban J connectivity index is 1.80. The average Bonchev–Trinajstić information content (AvgIpc) is 2.86. The molecule has 0 fully saturated rings. The van der Waals surface area contributed by atoms with Crippen LogP contribution in [0.1, 0.15) is 81.0 Å². The maximum absolute atomic E-state index is 9.94. The summed E-state index contributed by atoms with van der Waals surface area (Å²) in [5, 5.41) is 19.9. The molecular weight excluding hydrogens is 400 g/mol. The first-order valence-corrected chi connectivity index (χ1v) is 12.4. The minimum absolute atomic E-state index is 0.453. The van der Waals surface area contributed by atoms with Crippen molar-refractivity contribution < 1.29 is 0 Å². The van der Waals surface area contributed by atoms with E-state index in [1.54, 1.807) is 0 Å². The zero-order valence-electron chi connectivity index (χ0n) is 20.0. The van der Waals surface area contributed by atoms with E-state index in [2.05, 4.69) is 74.5 Å². The molecule has 0 aliphatic carbocycles. The van der Waals surface area contributed by atoms with E-state index in [-0.39, 0.29) is 0 Å². The number of hydrogen-bond acceptors (Lipinski definition) is 2. The zero-order valence-corrected chi connectivity index (χ0v) is 20.0. The molecule has 168 valence electrons. The number of benzene rings is 3. The first-order chi connectivity index (χ1) is 16.2. The molecule has 3 aromatic carbocycles. The first-order valence-electron chi connectivity index (χ1n) is 12.4. The zero-order chi connectivity index (χ0) is 23.5. The SMILES string of the molecule is CCCCCCCCc1ccc(-c2ccc(-c3ccc(CCC)cc3)c(C#N)c2C#N)cc1. The standard InChI is InChI=1S/C31H34N2/c1-3-5-6-7-8-9-11-25-14-18-27(19-15-25)29-21-20-28(30(22-32)31(29)23-33)26-16-12-24(10-4-2)13-17-26/h12-21H,3-11H2,1-2H3. The Kier molecular flexibility index (Phi) is 9.29. The van der Waals surface area contributed by atoms with Crippen molar-refractivity contribution in [2.45, 2.75) is 71.6 Å². The molecule has 0 radical (unpaired) electrons. The highest BCUT2D eigenvalue weighted by Gasteiger charge is 2.16. The summed E-state index contributed by atoms with van der Waals surface area (Å²) in [6.45, 7) is 4.41. The van der Waals surface area contributed by atoms with Gasteiger partial charge in [-0.3, -0.25) is 0 Å². The number of nitriles is 2. The van der Waals surface area contributed by atoms with E-state index in [1.807, 2.05) is 12.1 Å². The molecule has 0 bridgehead atoms. The molecule has 0 aliphatic rings. The van der Waals surface area contributed by atoms with Crippen molar-refractivity contribution in [3.05, 3.63) is 82.9 Å². The van der Waals surface area contributed by atoms with Gasteiger partial charge in [0.1, 0.15) is 12.1 Å². The largest absolute Gasteiger partial charge is 0.192 e. The summed E-state index contributed by atoms with van der Waals surface area (Å²) >= 11 is 0. The van der Waals surface area contributed by atoms with Crippen molar-refractivity contribution in [3.63, 3.8) is 0 Å². The summed E-state index contributed by atoms with van der Waals surface area (Å²) in [7, 11) is 0. The molecule has 2 heteroatoms. The second kappa shape index (κ2) is 12.6. The van der Waals surface area contributed by atoms with Crippen LogP contribution in [0.15, 0.2) is 60.7 Å². The van der Waals surface area contributed by atoms with Crippen LogP contribution in [-0.4, -0.2) is 0 Å². The van der Waals surface area contributed by atoms with Crippen LogP contribution < -0.4 is 0 Å². The van der Waals surface area contributed by atoms with Gasteiger partial charge in [-0.15, -0.1) is 0 Å². The number of hydrogen-bond donors (Lipinski definition) is 0. The molecule has 2 nitrogen and oxygen atoms in total. The summed E-state index contributed by atoms with van der Waals surface area (Å²) in [5.74, 6) is 0. The second-order valence-electron chi connectivity index (χ2n) is 8.80. The fourth-order valence-corrected chi connectivity index (χ4v) is 4.42. The molecule has 0 heterocycles. The van der Waals surface area contributed by atoms with E-state index < -0.39 is 0 Å². The van der Waals surface area contributed by atoms with Crippen molar-refractivity contribution in [2.24, 2.45) is 0 Å². The summed E-state index contributed by atoms with van der Waals surface area (Å²) in [6, 6.07) is 25.4. The first kappa shape index (κ1) is 24.3. The third-order valence-electron chi connectivity index (χ3n) is 6.32. The number of unbranched alkanes of at least 4 members (excludes halogenated alkanes) is 5. The van der Waals surface area contributed by atoms with E-state index in [9.17, 15) is 10.5 Å². The van der Waals surface area contributed by atoms with E-state index in [4.69, 9.17) is 0 Å². The molecular formula is C31H34N2. The van der Waals surface area contributed by atoms with Crippen LogP contribution in [0.4, 0.5) is 0 Å². The Morgan fingerprint density at radius 3 is 1.42 bits per heavy atom. The van der Waals surface area contributed by atoms with Crippen LogP contribution in [0.25, 0.3) is 22.3 Å². The summed E-state index contributed by atoms with van der Waals surface area (Å²) < 4.78 is 0. The normalized spacial score (nSPS) is 10.5. The molecule has 0 spiro atoms. The Labute approximate surface area is 199 Å². The van der Waals surface area contributed by atoms with Crippen LogP contribution in [0.3, 0.4) is 0 Å². The lowest BCUT2D eigenvalue weighted by Crippen LogP contribution is -1.95. The van der Waals surface area contributed by atoms with E-state index in [0.717, 1.165) is 41.5 Å². The molecule has 0 amide bonds. The third-order valence-corrected chi connectivity index (χ3v) is 6.32. The molecule has 0 saturated carbocycles. The molecule has 0 N–H and O–H groups in total. The summed E-state index contributed by atoms with van der Waals surface area (Å²) in [4.78, 5) is 0. The number of aryl methyl sites for hydroxylation is 2. The Bertz CT molecular complexity index is 1110. The van der Waals surface area contributed by atoms with E-state index >= 15 is 0 Å². The van der Waals surface area contributed by atoms with Gasteiger partial charge in [0.15, 0.2) is 0 Å². The molecule has 3 rings (SSSR count). The van der Waals surface area contributed by atoms with Crippen LogP contribution >= 0.6 is 0 Å². The van der Waals surface area contributed by atoms with Gasteiger partial charge in [-0.2, -0.15) is 10.5 Å². The molecule has 0 atom stereocenters. The molecule has 33 heavy (non-hydrogen) atoms. The van der Waals surface area contributed by atoms with Crippen molar-refractivity contribution in [1.82, 2.24) is 0 Å². The monoisotopic (exact) mass is 434 g/mol. The van der Waals surface area contributed by atoms with Gasteiger partial charge in [-0.1, -0.05) is 113 Å². The van der Waals surface area contributed by atoms with Crippen LogP contribution in [0.5, 0.6) is 0 Å². The quantitative estimate of drug-likeness (QED) is 0.284. The Morgan fingerprint density at radius 2 is 0.970 bits per heavy atom. The van der Waals surface area contributed by atoms with Crippen molar-refractivity contribution >= 4 is 0 Å². The van der Waals surface area contributed by atoms with Gasteiger partial charge >= 0.3 is 0 Å². The number of rotatable bonds is 11. The van der Waals surface area contributed by atoms with Gasteiger partial charge in [0.2, 0.25) is 0 Å². The lowest BCUT2D eigenvalue weighted by molar-refractivity contribution is 0.607. The Hall–Kier alpha value is -3.36. The van der Waals surface area contributed by atoms with Gasteiger partial charge in [0.25, 0.3) is 0 Å². The Morgan fingerprint density at radius 1 is 0.515 bits per heavy atom. The molecule has 0 aliphatic heterocycles. The van der Waals surface area contributed by atoms with Crippen LogP contribution in [0, 0.1) is 22.7 Å². The van der Waals surface area contributed by atoms with Crippen molar-refractivity contribution in [2.75, 3.05) is 0 Å². The highest BCUT2D eigenvalue weighted by molar-refractivity contribution is 5.82. The average molecular weight is 435 g/mol. The fourth-order valence-electron chi connectivity index (χ4n) is 4.42. The van der Waals surface area contributed by atoms with Gasteiger partial charge in [0.05, 0.1) is 11.1 Å². The summed E-state index contributed by atoms with van der Waals surface area (Å²) in [6.07, 6.45) is 11.0. The molecule has 0 unspecified atom stereocenters. The van der Waals surface area contributed by atoms with Gasteiger partial charge in [0, 0.05) is 11.1 Å². The van der Waals surface area contributed by atoms with Gasteiger partial charge < -0.3 is 0 Å². The highest BCUT2D eigenvalue weighted by Crippen LogP contribution is 2.33. The van der Waals surface area contributed by atoms with Crippen molar-refractivity contribution in [3.8, 4) is 34.4 Å². The molecule has 0 saturated heterocycles. The van der Waals surface area contributed by atoms with Gasteiger partial charge in [-0.05, 0) is 41.5 Å². The fraction of sp³-hybridized carbons (Fsp3) is 0.355. The second-order valence-corrected chi connectivity index (χ2v) is 8.80. The molecule has 0 aromatic heterocycles. The smallest absolute Gasteiger partial charge is 0.101 e. The van der Waals surface area contributed by atoms with Crippen LogP contribution in [0.2, 0.25) is 0 Å². The minimum Gasteiger partial charge on any atom is -0.192 e. The summed E-state index contributed by atoms with van der Waals surface area (Å²) in [5.41, 5.74) is 7.14. The lowest BCUT2D eigenvalue weighted by atomic mass is 9.89. The maximum Gasteiger partial charge on any atom is 0.101 e. The predicted molar refractivity (Wildman–Crippen MR) is 138 cm³/mol. The third kappa shape index (κ3) is 6.34. The molecule has 3 aromatic rings. The van der Waals surface area contributed by atoms with E-state index in [1.165, 1.54) is 49.7 Å². The predicted octanol–water partition coefficient (Wildman–Crippen LogP) is 8.62. The number of nitrogens with zero attached hydrogens (tertiary/aromatic N) is 2. The van der Waals surface area contributed by atoms with Crippen molar-refractivity contribution in [1.29, 1.82) is 10.5 Å². The van der Waals surface area contributed by atoms with E-state index in [0.29, 0.717) is 11.1 Å².